The van der Waals surface area contributed by atoms with Gasteiger partial charge in [0.2, 0.25) is 0 Å². The molecule has 0 bridgehead atoms. The molecule has 0 saturated heterocycles. The van der Waals surface area contributed by atoms with Crippen LogP contribution < -0.4 is 0 Å². The van der Waals surface area contributed by atoms with E-state index in [9.17, 15) is 0 Å². The van der Waals surface area contributed by atoms with Gasteiger partial charge in [-0.3, -0.25) is 0 Å². The third-order valence-corrected chi connectivity index (χ3v) is 8.37. The third kappa shape index (κ3) is 2.93. The lowest BCUT2D eigenvalue weighted by Crippen LogP contribution is -1.96. The van der Waals surface area contributed by atoms with E-state index in [1.807, 2.05) is 12.1 Å². The van der Waals surface area contributed by atoms with Crippen LogP contribution in [0.3, 0.4) is 0 Å². The van der Waals surface area contributed by atoms with Crippen LogP contribution in [-0.4, -0.2) is 4.57 Å². The molecule has 7 aromatic carbocycles. The maximum absolute atomic E-state index is 6.40. The van der Waals surface area contributed by atoms with Gasteiger partial charge < -0.3 is 8.98 Å². The molecular formula is C38H23NO. The first-order chi connectivity index (χ1) is 19.8. The van der Waals surface area contributed by atoms with Crippen LogP contribution >= 0.6 is 0 Å². The highest BCUT2D eigenvalue weighted by molar-refractivity contribution is 6.16. The van der Waals surface area contributed by atoms with Crippen molar-refractivity contribution in [2.45, 2.75) is 0 Å². The van der Waals surface area contributed by atoms with Gasteiger partial charge in [0.1, 0.15) is 11.2 Å². The van der Waals surface area contributed by atoms with E-state index in [0.29, 0.717) is 0 Å². The summed E-state index contributed by atoms with van der Waals surface area (Å²) < 4.78 is 8.83. The second-order valence-electron chi connectivity index (χ2n) is 10.5. The minimum atomic E-state index is 0.922. The molecule has 0 aliphatic rings. The number of nitrogens with zero attached hydrogens (tertiary/aromatic N) is 1. The Morgan fingerprint density at radius 2 is 1.10 bits per heavy atom. The topological polar surface area (TPSA) is 18.1 Å². The van der Waals surface area contributed by atoms with E-state index in [-0.39, 0.29) is 0 Å². The SMILES string of the molecule is c1ccc2c(c1)cc(-n1c3ccccc3c3cc(-c4cccc5c4oc4ccccc45)ccc31)c1ccccc12. The van der Waals surface area contributed by atoms with Crippen LogP contribution in [0.5, 0.6) is 0 Å². The second kappa shape index (κ2) is 8.08. The van der Waals surface area contributed by atoms with E-state index in [0.717, 1.165) is 33.1 Å². The molecule has 186 valence electrons. The fourth-order valence-corrected chi connectivity index (χ4v) is 6.59. The Bertz CT molecular complexity index is 2440. The summed E-state index contributed by atoms with van der Waals surface area (Å²) in [6, 6.07) is 50.1. The number of hydrogen-bond acceptors (Lipinski definition) is 1. The highest BCUT2D eigenvalue weighted by atomic mass is 16.3. The molecule has 2 nitrogen and oxygen atoms in total. The summed E-state index contributed by atoms with van der Waals surface area (Å²) in [6.07, 6.45) is 0. The van der Waals surface area contributed by atoms with Crippen LogP contribution in [0.4, 0.5) is 0 Å². The zero-order valence-corrected chi connectivity index (χ0v) is 21.6. The molecule has 0 N–H and O–H groups in total. The lowest BCUT2D eigenvalue weighted by molar-refractivity contribution is 0.670. The van der Waals surface area contributed by atoms with E-state index < -0.39 is 0 Å². The summed E-state index contributed by atoms with van der Waals surface area (Å²) in [7, 11) is 0. The van der Waals surface area contributed by atoms with Gasteiger partial charge in [-0.2, -0.15) is 0 Å². The van der Waals surface area contributed by atoms with Crippen LogP contribution in [-0.2, 0) is 0 Å². The quantitative estimate of drug-likeness (QED) is 0.212. The minimum Gasteiger partial charge on any atom is -0.455 e. The van der Waals surface area contributed by atoms with Gasteiger partial charge in [-0.15, -0.1) is 0 Å². The molecule has 2 heteroatoms. The Morgan fingerprint density at radius 3 is 2.00 bits per heavy atom. The molecule has 2 heterocycles. The Balaban J connectivity index is 1.36. The first-order valence-corrected chi connectivity index (χ1v) is 13.7. The fourth-order valence-electron chi connectivity index (χ4n) is 6.59. The molecule has 0 amide bonds. The number of para-hydroxylation sites is 3. The van der Waals surface area contributed by atoms with E-state index in [4.69, 9.17) is 4.42 Å². The normalized spacial score (nSPS) is 12.0. The summed E-state index contributed by atoms with van der Waals surface area (Å²) in [5.74, 6) is 0. The van der Waals surface area contributed by atoms with Crippen molar-refractivity contribution in [3.8, 4) is 16.8 Å². The number of benzene rings is 7. The van der Waals surface area contributed by atoms with Crippen LogP contribution in [0.2, 0.25) is 0 Å². The average molecular weight is 510 g/mol. The molecule has 9 aromatic rings. The molecule has 40 heavy (non-hydrogen) atoms. The summed E-state index contributed by atoms with van der Waals surface area (Å²) in [6.45, 7) is 0. The molecule has 0 aliphatic heterocycles. The van der Waals surface area contributed by atoms with E-state index in [2.05, 4.69) is 132 Å². The van der Waals surface area contributed by atoms with Crippen LogP contribution in [0.25, 0.3) is 82.1 Å². The predicted octanol–water partition coefficient (Wildman–Crippen LogP) is 10.7. The number of rotatable bonds is 2. The zero-order valence-electron chi connectivity index (χ0n) is 21.6. The summed E-state index contributed by atoms with van der Waals surface area (Å²) in [4.78, 5) is 0. The molecule has 9 rings (SSSR count). The highest BCUT2D eigenvalue weighted by Gasteiger charge is 2.18. The highest BCUT2D eigenvalue weighted by Crippen LogP contribution is 2.41. The van der Waals surface area contributed by atoms with Gasteiger partial charge in [0.15, 0.2) is 0 Å². The first kappa shape index (κ1) is 21.6. The number of aromatic nitrogens is 1. The van der Waals surface area contributed by atoms with Gasteiger partial charge in [0.25, 0.3) is 0 Å². The molecule has 0 aliphatic carbocycles. The maximum atomic E-state index is 6.40. The molecule has 0 fully saturated rings. The third-order valence-electron chi connectivity index (χ3n) is 8.37. The van der Waals surface area contributed by atoms with Crippen molar-refractivity contribution in [3.05, 3.63) is 140 Å². The van der Waals surface area contributed by atoms with Crippen molar-refractivity contribution in [3.63, 3.8) is 0 Å². The van der Waals surface area contributed by atoms with Crippen LogP contribution in [0, 0.1) is 0 Å². The lowest BCUT2D eigenvalue weighted by Gasteiger charge is -2.14. The van der Waals surface area contributed by atoms with Gasteiger partial charge in [0.05, 0.1) is 16.7 Å². The maximum Gasteiger partial charge on any atom is 0.143 e. The van der Waals surface area contributed by atoms with Gasteiger partial charge >= 0.3 is 0 Å². The average Bonchev–Trinajstić information content (AvgIpc) is 3.56. The van der Waals surface area contributed by atoms with E-state index in [1.165, 1.54) is 49.0 Å². The number of furan rings is 1. The predicted molar refractivity (Wildman–Crippen MR) is 169 cm³/mol. The van der Waals surface area contributed by atoms with Crippen LogP contribution in [0.1, 0.15) is 0 Å². The minimum absolute atomic E-state index is 0.922. The van der Waals surface area contributed by atoms with E-state index >= 15 is 0 Å². The Hall–Kier alpha value is -5.34. The number of hydrogen-bond donors (Lipinski definition) is 0. The largest absolute Gasteiger partial charge is 0.455 e. The first-order valence-electron chi connectivity index (χ1n) is 13.7. The van der Waals surface area contributed by atoms with Gasteiger partial charge in [-0.25, -0.2) is 0 Å². The smallest absolute Gasteiger partial charge is 0.143 e. The molecular weight excluding hydrogens is 486 g/mol. The molecule has 0 saturated carbocycles. The number of fused-ring (bicyclic) bond motifs is 9. The van der Waals surface area contributed by atoms with Gasteiger partial charge in [0, 0.05) is 32.5 Å². The zero-order chi connectivity index (χ0) is 26.2. The van der Waals surface area contributed by atoms with Crippen LogP contribution in [0.15, 0.2) is 144 Å². The Kier molecular flexibility index (Phi) is 4.36. The van der Waals surface area contributed by atoms with Crippen molar-refractivity contribution in [1.82, 2.24) is 4.57 Å². The lowest BCUT2D eigenvalue weighted by atomic mass is 9.99. The van der Waals surface area contributed by atoms with Crippen molar-refractivity contribution in [2.24, 2.45) is 0 Å². The Morgan fingerprint density at radius 1 is 0.425 bits per heavy atom. The van der Waals surface area contributed by atoms with E-state index in [1.54, 1.807) is 0 Å². The van der Waals surface area contributed by atoms with Gasteiger partial charge in [-0.1, -0.05) is 109 Å². The molecule has 0 unspecified atom stereocenters. The molecule has 0 radical (unpaired) electrons. The summed E-state index contributed by atoms with van der Waals surface area (Å²) in [5, 5.41) is 9.83. The summed E-state index contributed by atoms with van der Waals surface area (Å²) >= 11 is 0. The molecule has 2 aromatic heterocycles. The fraction of sp³-hybridized carbons (Fsp3) is 0. The van der Waals surface area contributed by atoms with Crippen molar-refractivity contribution >= 4 is 65.3 Å². The van der Waals surface area contributed by atoms with Crippen molar-refractivity contribution in [2.75, 3.05) is 0 Å². The standard InChI is InChI=1S/C38H23NO/c1-2-11-26-24(10-1)23-36(29-13-4-3-12-28(26)29)39-34-18-7-5-14-30(34)33-22-25(20-21-35(33)39)27-16-9-17-32-31-15-6-8-19-37(31)40-38(27)32/h1-23H. The Labute approximate surface area is 230 Å². The summed E-state index contributed by atoms with van der Waals surface area (Å²) in [5.41, 5.74) is 7.73. The van der Waals surface area contributed by atoms with Crippen molar-refractivity contribution in [1.29, 1.82) is 0 Å². The van der Waals surface area contributed by atoms with Gasteiger partial charge in [-0.05, 0) is 52.1 Å². The molecule has 0 atom stereocenters. The molecule has 0 spiro atoms. The van der Waals surface area contributed by atoms with Crippen molar-refractivity contribution < 1.29 is 4.42 Å². The second-order valence-corrected chi connectivity index (χ2v) is 10.5. The monoisotopic (exact) mass is 509 g/mol.